The predicted octanol–water partition coefficient (Wildman–Crippen LogP) is 3.51. The summed E-state index contributed by atoms with van der Waals surface area (Å²) in [5.74, 6) is -0.239. The first-order chi connectivity index (χ1) is 12.0. The number of furan rings is 1. The molecular formula is C19H23NO5. The molecule has 3 rings (SSSR count). The Morgan fingerprint density at radius 1 is 1.36 bits per heavy atom. The zero-order chi connectivity index (χ0) is 18.0. The van der Waals surface area contributed by atoms with E-state index in [0.29, 0.717) is 43.0 Å². The fraction of sp³-hybridized carbons (Fsp3) is 0.474. The maximum atomic E-state index is 12.4. The molecule has 0 radical (unpaired) electrons. The Labute approximate surface area is 146 Å². The molecular weight excluding hydrogens is 322 g/mol. The molecule has 1 aliphatic carbocycles. The van der Waals surface area contributed by atoms with Crippen molar-refractivity contribution >= 4 is 22.8 Å². The molecule has 1 amide bonds. The lowest BCUT2D eigenvalue weighted by atomic mass is 10.0. The van der Waals surface area contributed by atoms with Crippen LogP contribution < -0.4 is 10.1 Å². The molecule has 3 atom stereocenters. The zero-order valence-electron chi connectivity index (χ0n) is 14.5. The normalized spacial score (nSPS) is 21.2. The SMILES string of the molecule is CCOc1cccc2cc(C(C)NC(=O)[C@@H]3CC[C@H](C(=O)O)C3)oc12. The van der Waals surface area contributed by atoms with E-state index in [2.05, 4.69) is 5.32 Å². The van der Waals surface area contributed by atoms with Gasteiger partial charge in [-0.3, -0.25) is 9.59 Å². The molecule has 1 heterocycles. The molecule has 0 bridgehead atoms. The highest BCUT2D eigenvalue weighted by atomic mass is 16.5. The van der Waals surface area contributed by atoms with Gasteiger partial charge in [0.25, 0.3) is 0 Å². The Hall–Kier alpha value is -2.50. The molecule has 1 aromatic carbocycles. The quantitative estimate of drug-likeness (QED) is 0.836. The first-order valence-electron chi connectivity index (χ1n) is 8.68. The third kappa shape index (κ3) is 3.62. The number of hydrogen-bond donors (Lipinski definition) is 2. The molecule has 6 nitrogen and oxygen atoms in total. The molecule has 1 saturated carbocycles. The zero-order valence-corrected chi connectivity index (χ0v) is 14.5. The van der Waals surface area contributed by atoms with Crippen LogP contribution >= 0.6 is 0 Å². The van der Waals surface area contributed by atoms with Crippen LogP contribution in [0, 0.1) is 11.8 Å². The summed E-state index contributed by atoms with van der Waals surface area (Å²) < 4.78 is 11.5. The van der Waals surface area contributed by atoms with Crippen molar-refractivity contribution in [2.45, 2.75) is 39.2 Å². The maximum absolute atomic E-state index is 12.4. The first-order valence-corrected chi connectivity index (χ1v) is 8.68. The Morgan fingerprint density at radius 2 is 2.12 bits per heavy atom. The van der Waals surface area contributed by atoms with E-state index >= 15 is 0 Å². The summed E-state index contributed by atoms with van der Waals surface area (Å²) in [6.07, 6.45) is 1.58. The van der Waals surface area contributed by atoms with Gasteiger partial charge in [0.15, 0.2) is 11.3 Å². The van der Waals surface area contributed by atoms with Crippen molar-refractivity contribution < 1.29 is 23.8 Å². The van der Waals surface area contributed by atoms with Gasteiger partial charge in [0.2, 0.25) is 5.91 Å². The number of carboxylic acid groups (broad SMARTS) is 1. The Bertz CT molecular complexity index is 781. The second kappa shape index (κ2) is 7.17. The monoisotopic (exact) mass is 345 g/mol. The maximum Gasteiger partial charge on any atom is 0.306 e. The lowest BCUT2D eigenvalue weighted by Crippen LogP contribution is -2.31. The molecule has 1 unspecified atom stereocenters. The van der Waals surface area contributed by atoms with E-state index in [1.807, 2.05) is 38.1 Å². The summed E-state index contributed by atoms with van der Waals surface area (Å²) in [4.78, 5) is 23.5. The summed E-state index contributed by atoms with van der Waals surface area (Å²) in [7, 11) is 0. The van der Waals surface area contributed by atoms with Gasteiger partial charge in [0, 0.05) is 11.3 Å². The average molecular weight is 345 g/mol. The highest BCUT2D eigenvalue weighted by Gasteiger charge is 2.34. The Morgan fingerprint density at radius 3 is 2.80 bits per heavy atom. The fourth-order valence-electron chi connectivity index (χ4n) is 3.39. The van der Waals surface area contributed by atoms with Crippen molar-refractivity contribution in [3.63, 3.8) is 0 Å². The molecule has 6 heteroatoms. The number of hydrogen-bond acceptors (Lipinski definition) is 4. The molecule has 0 spiro atoms. The van der Waals surface area contributed by atoms with Gasteiger partial charge < -0.3 is 19.6 Å². The molecule has 1 aromatic heterocycles. The topological polar surface area (TPSA) is 88.8 Å². The average Bonchev–Trinajstić information content (AvgIpc) is 3.23. The van der Waals surface area contributed by atoms with E-state index in [1.165, 1.54) is 0 Å². The summed E-state index contributed by atoms with van der Waals surface area (Å²) in [5.41, 5.74) is 0.673. The Balaban J connectivity index is 1.70. The largest absolute Gasteiger partial charge is 0.490 e. The highest BCUT2D eigenvalue weighted by Crippen LogP contribution is 2.33. The number of aliphatic carboxylic acids is 1. The first kappa shape index (κ1) is 17.3. The molecule has 2 aromatic rings. The van der Waals surface area contributed by atoms with Crippen LogP contribution in [0.5, 0.6) is 5.75 Å². The van der Waals surface area contributed by atoms with Gasteiger partial charge in [-0.2, -0.15) is 0 Å². The second-order valence-corrected chi connectivity index (χ2v) is 6.53. The van der Waals surface area contributed by atoms with Crippen LogP contribution in [-0.2, 0) is 9.59 Å². The summed E-state index contributed by atoms with van der Waals surface area (Å²) >= 11 is 0. The number of carboxylic acids is 1. The van der Waals surface area contributed by atoms with E-state index in [1.54, 1.807) is 0 Å². The van der Waals surface area contributed by atoms with Gasteiger partial charge >= 0.3 is 5.97 Å². The van der Waals surface area contributed by atoms with Gasteiger partial charge in [-0.05, 0) is 45.2 Å². The van der Waals surface area contributed by atoms with Crippen LogP contribution in [-0.4, -0.2) is 23.6 Å². The van der Waals surface area contributed by atoms with Crippen molar-refractivity contribution in [3.05, 3.63) is 30.0 Å². The second-order valence-electron chi connectivity index (χ2n) is 6.53. The standard InChI is InChI=1S/C19H23NO5/c1-3-24-15-6-4-5-12-10-16(25-17(12)15)11(2)20-18(21)13-7-8-14(9-13)19(22)23/h4-6,10-11,13-14H,3,7-9H2,1-2H3,(H,20,21)(H,22,23)/t11?,13-,14+/m1/s1. The third-order valence-corrected chi connectivity index (χ3v) is 4.77. The number of fused-ring (bicyclic) bond motifs is 1. The summed E-state index contributed by atoms with van der Waals surface area (Å²) in [6.45, 7) is 4.32. The molecule has 25 heavy (non-hydrogen) atoms. The van der Waals surface area contributed by atoms with Crippen LogP contribution in [0.1, 0.15) is 44.9 Å². The minimum atomic E-state index is -0.816. The number of rotatable bonds is 6. The van der Waals surface area contributed by atoms with E-state index in [9.17, 15) is 9.59 Å². The third-order valence-electron chi connectivity index (χ3n) is 4.77. The minimum absolute atomic E-state index is 0.110. The van der Waals surface area contributed by atoms with Crippen molar-refractivity contribution in [2.75, 3.05) is 6.61 Å². The van der Waals surface area contributed by atoms with Gasteiger partial charge in [-0.25, -0.2) is 0 Å². The fourth-order valence-corrected chi connectivity index (χ4v) is 3.39. The van der Waals surface area contributed by atoms with Gasteiger partial charge in [-0.15, -0.1) is 0 Å². The van der Waals surface area contributed by atoms with Crippen molar-refractivity contribution in [3.8, 4) is 5.75 Å². The van der Waals surface area contributed by atoms with Crippen LogP contribution in [0.15, 0.2) is 28.7 Å². The van der Waals surface area contributed by atoms with Crippen LogP contribution in [0.4, 0.5) is 0 Å². The van der Waals surface area contributed by atoms with Gasteiger partial charge in [0.05, 0.1) is 18.6 Å². The number of carbonyl (C=O) groups is 2. The molecule has 2 N–H and O–H groups in total. The molecule has 1 aliphatic rings. The van der Waals surface area contributed by atoms with Crippen molar-refractivity contribution in [2.24, 2.45) is 11.8 Å². The highest BCUT2D eigenvalue weighted by molar-refractivity contribution is 5.84. The smallest absolute Gasteiger partial charge is 0.306 e. The number of carbonyl (C=O) groups excluding carboxylic acids is 1. The van der Waals surface area contributed by atoms with E-state index < -0.39 is 11.9 Å². The van der Waals surface area contributed by atoms with E-state index in [-0.39, 0.29) is 17.9 Å². The van der Waals surface area contributed by atoms with Gasteiger partial charge in [0.1, 0.15) is 5.76 Å². The van der Waals surface area contributed by atoms with Gasteiger partial charge in [-0.1, -0.05) is 12.1 Å². The Kier molecular flexibility index (Phi) is 4.97. The molecule has 0 saturated heterocycles. The number of para-hydroxylation sites is 1. The van der Waals surface area contributed by atoms with Crippen molar-refractivity contribution in [1.29, 1.82) is 0 Å². The number of amides is 1. The van der Waals surface area contributed by atoms with Crippen molar-refractivity contribution in [1.82, 2.24) is 5.32 Å². The molecule has 1 fully saturated rings. The number of nitrogens with one attached hydrogen (secondary N) is 1. The van der Waals surface area contributed by atoms with E-state index in [0.717, 1.165) is 5.39 Å². The lowest BCUT2D eigenvalue weighted by Gasteiger charge is -2.15. The number of ether oxygens (including phenoxy) is 1. The van der Waals surface area contributed by atoms with E-state index in [4.69, 9.17) is 14.3 Å². The van der Waals surface area contributed by atoms with Crippen LogP contribution in [0.3, 0.4) is 0 Å². The lowest BCUT2D eigenvalue weighted by molar-refractivity contribution is -0.141. The van der Waals surface area contributed by atoms with Crippen LogP contribution in [0.2, 0.25) is 0 Å². The number of benzene rings is 1. The minimum Gasteiger partial charge on any atom is -0.490 e. The predicted molar refractivity (Wildman–Crippen MR) is 92.4 cm³/mol. The summed E-state index contributed by atoms with van der Waals surface area (Å²) in [5, 5.41) is 12.9. The molecule has 134 valence electrons. The summed E-state index contributed by atoms with van der Waals surface area (Å²) in [6, 6.07) is 7.30. The molecule has 0 aliphatic heterocycles. The van der Waals surface area contributed by atoms with Crippen LogP contribution in [0.25, 0.3) is 11.0 Å².